The van der Waals surface area contributed by atoms with Gasteiger partial charge in [0.15, 0.2) is 9.84 Å². The summed E-state index contributed by atoms with van der Waals surface area (Å²) in [5.41, 5.74) is -1.58. The van der Waals surface area contributed by atoms with Crippen LogP contribution in [0.5, 0.6) is 0 Å². The van der Waals surface area contributed by atoms with E-state index in [-0.39, 0.29) is 36.7 Å². The number of hydrogen-bond acceptors (Lipinski definition) is 5. The molecule has 13 heteroatoms. The predicted octanol–water partition coefficient (Wildman–Crippen LogP) is 4.13. The normalized spacial score (nSPS) is 22.9. The molecule has 7 nitrogen and oxygen atoms in total. The van der Waals surface area contributed by atoms with E-state index in [2.05, 4.69) is 5.32 Å². The van der Waals surface area contributed by atoms with Crippen LogP contribution in [0.3, 0.4) is 0 Å². The maximum atomic E-state index is 14.9. The number of carbonyl (C=O) groups excluding carboxylic acids is 2. The van der Waals surface area contributed by atoms with E-state index >= 15 is 0 Å². The molecule has 0 aliphatic carbocycles. The monoisotopic (exact) mass is 574 g/mol. The SMILES string of the molecule is C[C@@H]1C[C@H](C(=O)NC(c2ccc(C(F)(F)F)cc2F)C2COC2)N(C(=O)c2cc(F)cc(S(C)(=O)=O)c2)[C@@H]1C. The van der Waals surface area contributed by atoms with Crippen molar-refractivity contribution in [3.63, 3.8) is 0 Å². The number of hydrogen-bond donors (Lipinski definition) is 1. The van der Waals surface area contributed by atoms with Crippen LogP contribution in [0.1, 0.15) is 47.8 Å². The Bertz CT molecular complexity index is 1390. The van der Waals surface area contributed by atoms with Crippen LogP contribution in [0.4, 0.5) is 22.0 Å². The Morgan fingerprint density at radius 1 is 1.08 bits per heavy atom. The molecule has 2 aromatic rings. The fraction of sp³-hybridized carbons (Fsp3) is 0.462. The molecule has 0 saturated carbocycles. The smallest absolute Gasteiger partial charge is 0.381 e. The molecule has 4 rings (SSSR count). The third-order valence-electron chi connectivity index (χ3n) is 7.37. The van der Waals surface area contributed by atoms with Crippen molar-refractivity contribution in [3.05, 3.63) is 64.7 Å². The van der Waals surface area contributed by atoms with Crippen molar-refractivity contribution in [2.45, 2.75) is 49.5 Å². The highest BCUT2D eigenvalue weighted by atomic mass is 32.2. The summed E-state index contributed by atoms with van der Waals surface area (Å²) in [4.78, 5) is 27.9. The highest BCUT2D eigenvalue weighted by molar-refractivity contribution is 7.90. The first-order valence-corrected chi connectivity index (χ1v) is 14.0. The topological polar surface area (TPSA) is 92.8 Å². The zero-order valence-corrected chi connectivity index (χ0v) is 22.1. The van der Waals surface area contributed by atoms with Gasteiger partial charge < -0.3 is 15.0 Å². The number of carbonyl (C=O) groups is 2. The van der Waals surface area contributed by atoms with E-state index < -0.39 is 74.0 Å². The predicted molar refractivity (Wildman–Crippen MR) is 129 cm³/mol. The number of nitrogens with one attached hydrogen (secondary N) is 1. The second-order valence-electron chi connectivity index (χ2n) is 10.1. The minimum Gasteiger partial charge on any atom is -0.381 e. The summed E-state index contributed by atoms with van der Waals surface area (Å²) in [6.07, 6.45) is -3.67. The van der Waals surface area contributed by atoms with Crippen LogP contribution >= 0.6 is 0 Å². The maximum Gasteiger partial charge on any atom is 0.416 e. The van der Waals surface area contributed by atoms with Gasteiger partial charge in [-0.1, -0.05) is 13.0 Å². The molecule has 2 amide bonds. The first-order valence-electron chi connectivity index (χ1n) is 12.2. The van der Waals surface area contributed by atoms with Crippen LogP contribution in [0.15, 0.2) is 41.3 Å². The molecule has 2 heterocycles. The van der Waals surface area contributed by atoms with E-state index in [1.807, 2.05) is 0 Å². The largest absolute Gasteiger partial charge is 0.416 e. The molecule has 0 spiro atoms. The number of amides is 2. The van der Waals surface area contributed by atoms with E-state index in [0.717, 1.165) is 36.6 Å². The van der Waals surface area contributed by atoms with Crippen LogP contribution < -0.4 is 5.32 Å². The molecule has 0 aromatic heterocycles. The molecule has 2 aromatic carbocycles. The van der Waals surface area contributed by atoms with Crippen molar-refractivity contribution < 1.29 is 44.7 Å². The second-order valence-corrected chi connectivity index (χ2v) is 12.2. The Kier molecular flexibility index (Phi) is 7.78. The van der Waals surface area contributed by atoms with Crippen molar-refractivity contribution in [1.82, 2.24) is 10.2 Å². The van der Waals surface area contributed by atoms with Gasteiger partial charge in [0, 0.05) is 29.3 Å². The van der Waals surface area contributed by atoms with Gasteiger partial charge in [0.05, 0.1) is 29.7 Å². The van der Waals surface area contributed by atoms with Gasteiger partial charge in [0.1, 0.15) is 17.7 Å². The number of alkyl halides is 3. The Labute approximate surface area is 222 Å². The fourth-order valence-electron chi connectivity index (χ4n) is 4.93. The summed E-state index contributed by atoms with van der Waals surface area (Å²) in [5.74, 6) is -4.11. The lowest BCUT2D eigenvalue weighted by Crippen LogP contribution is -2.51. The van der Waals surface area contributed by atoms with Crippen LogP contribution in [0.25, 0.3) is 0 Å². The molecule has 2 aliphatic heterocycles. The highest BCUT2D eigenvalue weighted by Gasteiger charge is 2.45. The molecule has 212 valence electrons. The van der Waals surface area contributed by atoms with Gasteiger partial charge in [0.2, 0.25) is 5.91 Å². The van der Waals surface area contributed by atoms with Crippen molar-refractivity contribution in [2.75, 3.05) is 19.5 Å². The summed E-state index contributed by atoms with van der Waals surface area (Å²) in [6.45, 7) is 3.78. The number of halogens is 5. The molecule has 1 unspecified atom stereocenters. The van der Waals surface area contributed by atoms with E-state index in [0.29, 0.717) is 6.07 Å². The van der Waals surface area contributed by atoms with Crippen LogP contribution in [0.2, 0.25) is 0 Å². The molecular weight excluding hydrogens is 547 g/mol. The average Bonchev–Trinajstić information content (AvgIpc) is 3.09. The molecule has 2 saturated heterocycles. The number of nitrogens with zero attached hydrogens (tertiary/aromatic N) is 1. The molecule has 2 aliphatic rings. The Morgan fingerprint density at radius 2 is 1.74 bits per heavy atom. The minimum absolute atomic E-state index is 0.142. The lowest BCUT2D eigenvalue weighted by atomic mass is 9.90. The summed E-state index contributed by atoms with van der Waals surface area (Å²) < 4.78 is 97.3. The number of likely N-dealkylation sites (tertiary alicyclic amines) is 1. The van der Waals surface area contributed by atoms with E-state index in [1.165, 1.54) is 4.90 Å². The van der Waals surface area contributed by atoms with Gasteiger partial charge >= 0.3 is 6.18 Å². The van der Waals surface area contributed by atoms with Gasteiger partial charge in [-0.25, -0.2) is 17.2 Å². The van der Waals surface area contributed by atoms with Gasteiger partial charge in [-0.3, -0.25) is 9.59 Å². The van der Waals surface area contributed by atoms with E-state index in [1.54, 1.807) is 13.8 Å². The van der Waals surface area contributed by atoms with Crippen molar-refractivity contribution in [2.24, 2.45) is 11.8 Å². The maximum absolute atomic E-state index is 14.9. The van der Waals surface area contributed by atoms with Gasteiger partial charge in [-0.15, -0.1) is 0 Å². The van der Waals surface area contributed by atoms with Crippen LogP contribution in [-0.4, -0.2) is 56.7 Å². The lowest BCUT2D eigenvalue weighted by molar-refractivity contribution is -0.138. The summed E-state index contributed by atoms with van der Waals surface area (Å²) in [7, 11) is -3.84. The molecule has 2 fully saturated rings. The van der Waals surface area contributed by atoms with Gasteiger partial charge in [-0.05, 0) is 49.6 Å². The first-order chi connectivity index (χ1) is 18.1. The summed E-state index contributed by atoms with van der Waals surface area (Å²) in [5, 5.41) is 2.70. The second kappa shape index (κ2) is 10.5. The van der Waals surface area contributed by atoms with Crippen molar-refractivity contribution in [3.8, 4) is 0 Å². The van der Waals surface area contributed by atoms with Gasteiger partial charge in [-0.2, -0.15) is 13.2 Å². The van der Waals surface area contributed by atoms with Crippen LogP contribution in [-0.2, 0) is 25.5 Å². The van der Waals surface area contributed by atoms with Crippen molar-refractivity contribution in [1.29, 1.82) is 0 Å². The zero-order chi connectivity index (χ0) is 28.9. The van der Waals surface area contributed by atoms with Gasteiger partial charge in [0.25, 0.3) is 5.91 Å². The van der Waals surface area contributed by atoms with E-state index in [9.17, 15) is 40.0 Å². The Morgan fingerprint density at radius 3 is 2.28 bits per heavy atom. The molecular formula is C26H27F5N2O5S. The molecule has 0 bridgehead atoms. The standard InChI is InChI=1S/C26H27F5N2O5S/c1-13-6-22(33(14(13)2)25(35)15-7-18(27)10-19(8-15)39(3,36)37)24(34)32-23(16-11-38-12-16)20-5-4-17(9-21(20)28)26(29,30)31/h4-5,7-10,13-14,16,22-23H,6,11-12H2,1-3H3,(H,32,34)/t13-,14-,22-,23?/m1/s1. The third-order valence-corrected chi connectivity index (χ3v) is 8.46. The zero-order valence-electron chi connectivity index (χ0n) is 21.3. The lowest BCUT2D eigenvalue weighted by Gasteiger charge is -2.36. The Balaban J connectivity index is 1.64. The van der Waals surface area contributed by atoms with E-state index in [4.69, 9.17) is 4.74 Å². The number of ether oxygens (including phenoxy) is 1. The number of sulfone groups is 1. The third kappa shape index (κ3) is 5.93. The molecule has 4 atom stereocenters. The number of rotatable bonds is 6. The highest BCUT2D eigenvalue weighted by Crippen LogP contribution is 2.36. The van der Waals surface area contributed by atoms with Crippen LogP contribution in [0, 0.1) is 23.5 Å². The molecule has 0 radical (unpaired) electrons. The molecule has 39 heavy (non-hydrogen) atoms. The molecule has 1 N–H and O–H groups in total. The summed E-state index contributed by atoms with van der Waals surface area (Å²) in [6, 6.07) is 2.19. The quantitative estimate of drug-likeness (QED) is 0.524. The van der Waals surface area contributed by atoms with Crippen molar-refractivity contribution >= 4 is 21.7 Å². The minimum atomic E-state index is -4.75. The fourth-order valence-corrected chi connectivity index (χ4v) is 5.60. The Hall–Kier alpha value is -3.06. The first kappa shape index (κ1) is 28.9. The average molecular weight is 575 g/mol. The number of benzene rings is 2. The summed E-state index contributed by atoms with van der Waals surface area (Å²) >= 11 is 0.